The lowest BCUT2D eigenvalue weighted by molar-refractivity contribution is 0.160. The lowest BCUT2D eigenvalue weighted by Gasteiger charge is -2.30. The van der Waals surface area contributed by atoms with Crippen molar-refractivity contribution in [2.24, 2.45) is 11.1 Å². The standard InChI is InChI=1S/C15H24Cl2N2O/c1-4-19(11-15(2,3)10-18)7-8-20-14-6-5-12(16)9-13(14)17/h5-6,9H,4,7-8,10-11,18H2,1-3H3. The van der Waals surface area contributed by atoms with E-state index in [9.17, 15) is 0 Å². The number of rotatable bonds is 8. The van der Waals surface area contributed by atoms with Gasteiger partial charge in [-0.3, -0.25) is 4.90 Å². The van der Waals surface area contributed by atoms with E-state index < -0.39 is 0 Å². The third kappa shape index (κ3) is 5.88. The molecule has 0 saturated heterocycles. The molecule has 0 aliphatic carbocycles. The normalized spacial score (nSPS) is 11.9. The van der Waals surface area contributed by atoms with Crippen LogP contribution in [0.4, 0.5) is 0 Å². The molecule has 114 valence electrons. The van der Waals surface area contributed by atoms with Crippen LogP contribution in [-0.4, -0.2) is 37.7 Å². The van der Waals surface area contributed by atoms with Crippen LogP contribution in [0.15, 0.2) is 18.2 Å². The number of halogens is 2. The summed E-state index contributed by atoms with van der Waals surface area (Å²) < 4.78 is 5.71. The Bertz CT molecular complexity index is 424. The highest BCUT2D eigenvalue weighted by Gasteiger charge is 2.19. The van der Waals surface area contributed by atoms with E-state index in [2.05, 4.69) is 25.7 Å². The fourth-order valence-corrected chi connectivity index (χ4v) is 2.36. The molecule has 0 radical (unpaired) electrons. The SMILES string of the molecule is CCN(CCOc1ccc(Cl)cc1Cl)CC(C)(C)CN. The predicted molar refractivity (Wildman–Crippen MR) is 86.9 cm³/mol. The Morgan fingerprint density at radius 2 is 2.00 bits per heavy atom. The summed E-state index contributed by atoms with van der Waals surface area (Å²) >= 11 is 11.9. The zero-order chi connectivity index (χ0) is 15.2. The first-order valence-electron chi connectivity index (χ1n) is 6.88. The Morgan fingerprint density at radius 3 is 2.55 bits per heavy atom. The number of hydrogen-bond donors (Lipinski definition) is 1. The van der Waals surface area contributed by atoms with E-state index in [4.69, 9.17) is 33.7 Å². The summed E-state index contributed by atoms with van der Waals surface area (Å²) in [5, 5.41) is 1.16. The highest BCUT2D eigenvalue weighted by molar-refractivity contribution is 6.35. The molecule has 0 aliphatic rings. The Kier molecular flexibility index (Phi) is 7.10. The molecule has 0 bridgehead atoms. The summed E-state index contributed by atoms with van der Waals surface area (Å²) in [5.74, 6) is 0.671. The highest BCUT2D eigenvalue weighted by atomic mass is 35.5. The second-order valence-electron chi connectivity index (χ2n) is 5.66. The molecule has 20 heavy (non-hydrogen) atoms. The van der Waals surface area contributed by atoms with Crippen molar-refractivity contribution in [2.45, 2.75) is 20.8 Å². The molecule has 3 nitrogen and oxygen atoms in total. The molecule has 0 unspecified atom stereocenters. The molecule has 0 amide bonds. The third-order valence-electron chi connectivity index (χ3n) is 3.21. The first-order valence-corrected chi connectivity index (χ1v) is 7.64. The molecular formula is C15H24Cl2N2O. The zero-order valence-corrected chi connectivity index (χ0v) is 14.0. The Morgan fingerprint density at radius 1 is 1.30 bits per heavy atom. The number of nitrogens with two attached hydrogens (primary N) is 1. The molecule has 1 aromatic rings. The number of likely N-dealkylation sites (N-methyl/N-ethyl adjacent to an activating group) is 1. The Hall–Kier alpha value is -0.480. The van der Waals surface area contributed by atoms with E-state index in [0.717, 1.165) is 19.6 Å². The van der Waals surface area contributed by atoms with Crippen LogP contribution in [0, 0.1) is 5.41 Å². The van der Waals surface area contributed by atoms with Crippen molar-refractivity contribution >= 4 is 23.2 Å². The molecular weight excluding hydrogens is 295 g/mol. The van der Waals surface area contributed by atoms with Gasteiger partial charge in [-0.2, -0.15) is 0 Å². The Labute approximate surface area is 132 Å². The summed E-state index contributed by atoms with van der Waals surface area (Å²) in [6.07, 6.45) is 0. The lowest BCUT2D eigenvalue weighted by Crippen LogP contribution is -2.40. The van der Waals surface area contributed by atoms with E-state index in [0.29, 0.717) is 28.9 Å². The average molecular weight is 319 g/mol. The molecule has 1 aromatic carbocycles. The number of hydrogen-bond acceptors (Lipinski definition) is 3. The van der Waals surface area contributed by atoms with Gasteiger partial charge in [0.05, 0.1) is 5.02 Å². The number of ether oxygens (including phenoxy) is 1. The van der Waals surface area contributed by atoms with Crippen LogP contribution in [0.5, 0.6) is 5.75 Å². The van der Waals surface area contributed by atoms with Crippen LogP contribution in [0.3, 0.4) is 0 Å². The van der Waals surface area contributed by atoms with E-state index in [1.54, 1.807) is 18.2 Å². The summed E-state index contributed by atoms with van der Waals surface area (Å²) in [5.41, 5.74) is 5.89. The van der Waals surface area contributed by atoms with Crippen LogP contribution >= 0.6 is 23.2 Å². The topological polar surface area (TPSA) is 38.5 Å². The van der Waals surface area contributed by atoms with Gasteiger partial charge in [0.2, 0.25) is 0 Å². The average Bonchev–Trinajstić information content (AvgIpc) is 2.40. The van der Waals surface area contributed by atoms with Crippen LogP contribution in [0.1, 0.15) is 20.8 Å². The van der Waals surface area contributed by atoms with Gasteiger partial charge in [-0.15, -0.1) is 0 Å². The molecule has 0 fully saturated rings. The maximum absolute atomic E-state index is 6.07. The van der Waals surface area contributed by atoms with Gasteiger partial charge in [-0.1, -0.05) is 44.0 Å². The van der Waals surface area contributed by atoms with Crippen molar-refractivity contribution in [3.05, 3.63) is 28.2 Å². The number of nitrogens with zero attached hydrogens (tertiary/aromatic N) is 1. The zero-order valence-electron chi connectivity index (χ0n) is 12.5. The van der Waals surface area contributed by atoms with E-state index in [-0.39, 0.29) is 5.41 Å². The maximum Gasteiger partial charge on any atom is 0.138 e. The minimum absolute atomic E-state index is 0.119. The maximum atomic E-state index is 6.07. The van der Waals surface area contributed by atoms with Crippen molar-refractivity contribution in [1.82, 2.24) is 4.90 Å². The third-order valence-corrected chi connectivity index (χ3v) is 3.74. The Balaban J connectivity index is 2.45. The summed E-state index contributed by atoms with van der Waals surface area (Å²) in [4.78, 5) is 2.33. The van der Waals surface area contributed by atoms with Gasteiger partial charge in [0.25, 0.3) is 0 Å². The van der Waals surface area contributed by atoms with Gasteiger partial charge in [0.15, 0.2) is 0 Å². The van der Waals surface area contributed by atoms with Crippen molar-refractivity contribution in [3.8, 4) is 5.75 Å². The molecule has 0 spiro atoms. The highest BCUT2D eigenvalue weighted by Crippen LogP contribution is 2.27. The van der Waals surface area contributed by atoms with Crippen LogP contribution in [0.2, 0.25) is 10.0 Å². The van der Waals surface area contributed by atoms with Crippen molar-refractivity contribution in [1.29, 1.82) is 0 Å². The fraction of sp³-hybridized carbons (Fsp3) is 0.600. The second kappa shape index (κ2) is 8.08. The largest absolute Gasteiger partial charge is 0.491 e. The van der Waals surface area contributed by atoms with Gasteiger partial charge in [-0.25, -0.2) is 0 Å². The quantitative estimate of drug-likeness (QED) is 0.794. The van der Waals surface area contributed by atoms with Gasteiger partial charge >= 0.3 is 0 Å². The lowest BCUT2D eigenvalue weighted by atomic mass is 9.93. The summed E-state index contributed by atoms with van der Waals surface area (Å²) in [6, 6.07) is 5.26. The molecule has 0 saturated carbocycles. The van der Waals surface area contributed by atoms with E-state index in [1.807, 2.05) is 0 Å². The van der Waals surface area contributed by atoms with Crippen LogP contribution < -0.4 is 10.5 Å². The summed E-state index contributed by atoms with van der Waals surface area (Å²) in [6.45, 7) is 10.5. The summed E-state index contributed by atoms with van der Waals surface area (Å²) in [7, 11) is 0. The molecule has 0 aliphatic heterocycles. The first kappa shape index (κ1) is 17.6. The monoisotopic (exact) mass is 318 g/mol. The smallest absolute Gasteiger partial charge is 0.138 e. The molecule has 0 heterocycles. The van der Waals surface area contributed by atoms with E-state index in [1.165, 1.54) is 0 Å². The molecule has 1 rings (SSSR count). The second-order valence-corrected chi connectivity index (χ2v) is 6.50. The molecule has 0 aromatic heterocycles. The van der Waals surface area contributed by atoms with Crippen molar-refractivity contribution < 1.29 is 4.74 Å². The van der Waals surface area contributed by atoms with Gasteiger partial charge in [0.1, 0.15) is 12.4 Å². The van der Waals surface area contributed by atoms with Crippen molar-refractivity contribution in [3.63, 3.8) is 0 Å². The van der Waals surface area contributed by atoms with Crippen LogP contribution in [-0.2, 0) is 0 Å². The minimum atomic E-state index is 0.119. The minimum Gasteiger partial charge on any atom is -0.491 e. The fourth-order valence-electron chi connectivity index (χ4n) is 1.90. The van der Waals surface area contributed by atoms with Crippen molar-refractivity contribution in [2.75, 3.05) is 32.8 Å². The molecule has 0 atom stereocenters. The van der Waals surface area contributed by atoms with Gasteiger partial charge in [0, 0.05) is 18.1 Å². The first-order chi connectivity index (χ1) is 9.38. The molecule has 5 heteroatoms. The number of benzene rings is 1. The molecule has 2 N–H and O–H groups in total. The van der Waals surface area contributed by atoms with E-state index >= 15 is 0 Å². The van der Waals surface area contributed by atoms with Crippen LogP contribution in [0.25, 0.3) is 0 Å². The van der Waals surface area contributed by atoms with Gasteiger partial charge in [-0.05, 0) is 36.7 Å². The van der Waals surface area contributed by atoms with Gasteiger partial charge < -0.3 is 10.5 Å². The predicted octanol–water partition coefficient (Wildman–Crippen LogP) is 3.68.